The predicted octanol–water partition coefficient (Wildman–Crippen LogP) is 4.55. The second kappa shape index (κ2) is 10.4. The fraction of sp³-hybridized carbons (Fsp3) is 0.364. The lowest BCUT2D eigenvalue weighted by atomic mass is 10.1. The maximum absolute atomic E-state index is 12.5. The molecule has 0 radical (unpaired) electrons. The summed E-state index contributed by atoms with van der Waals surface area (Å²) >= 11 is 3.36. The number of halogens is 1. The van der Waals surface area contributed by atoms with Crippen molar-refractivity contribution in [3.63, 3.8) is 0 Å². The molecule has 2 N–H and O–H groups in total. The number of rotatable bonds is 8. The third kappa shape index (κ3) is 6.46. The first-order chi connectivity index (χ1) is 13.3. The molecule has 6 heteroatoms. The molecule has 0 saturated heterocycles. The number of nitrogens with one attached hydrogen (secondary N) is 2. The lowest BCUT2D eigenvalue weighted by Crippen LogP contribution is -2.42. The van der Waals surface area contributed by atoms with Crippen molar-refractivity contribution in [2.75, 3.05) is 18.4 Å². The second-order valence-electron chi connectivity index (χ2n) is 7.23. The monoisotopic (exact) mass is 445 g/mol. The van der Waals surface area contributed by atoms with Crippen LogP contribution in [-0.2, 0) is 0 Å². The quantitative estimate of drug-likeness (QED) is 0.626. The lowest BCUT2D eigenvalue weighted by molar-refractivity contribution is 0.0938. The van der Waals surface area contributed by atoms with Crippen molar-refractivity contribution in [2.45, 2.75) is 39.8 Å². The third-order valence-corrected chi connectivity index (χ3v) is 4.94. The first-order valence-electron chi connectivity index (χ1n) is 9.49. The molecule has 2 aromatic carbocycles. The van der Waals surface area contributed by atoms with Crippen molar-refractivity contribution in [3.8, 4) is 0 Å². The Labute approximate surface area is 175 Å². The summed E-state index contributed by atoms with van der Waals surface area (Å²) in [6.07, 6.45) is 0. The van der Waals surface area contributed by atoms with Crippen LogP contribution >= 0.6 is 15.9 Å². The van der Waals surface area contributed by atoms with E-state index in [1.165, 1.54) is 0 Å². The molecule has 0 spiro atoms. The SMILES string of the molecule is CC(C)N(CCNC(=O)c1cccc(NC(=O)c2cccc(Br)c2)c1)C(C)C. The van der Waals surface area contributed by atoms with Crippen LogP contribution in [0.1, 0.15) is 48.4 Å². The maximum Gasteiger partial charge on any atom is 0.255 e. The van der Waals surface area contributed by atoms with E-state index >= 15 is 0 Å². The smallest absolute Gasteiger partial charge is 0.255 e. The van der Waals surface area contributed by atoms with E-state index < -0.39 is 0 Å². The Bertz CT molecular complexity index is 813. The Kier molecular flexibility index (Phi) is 8.20. The first kappa shape index (κ1) is 22.1. The van der Waals surface area contributed by atoms with Gasteiger partial charge in [-0.15, -0.1) is 0 Å². The highest BCUT2D eigenvalue weighted by molar-refractivity contribution is 9.10. The number of amides is 2. The molecule has 0 aromatic heterocycles. The number of hydrogen-bond donors (Lipinski definition) is 2. The van der Waals surface area contributed by atoms with Crippen LogP contribution in [0.15, 0.2) is 53.0 Å². The van der Waals surface area contributed by atoms with Gasteiger partial charge in [-0.25, -0.2) is 0 Å². The van der Waals surface area contributed by atoms with Gasteiger partial charge in [0.05, 0.1) is 0 Å². The van der Waals surface area contributed by atoms with Gasteiger partial charge in [0.15, 0.2) is 0 Å². The highest BCUT2D eigenvalue weighted by Crippen LogP contribution is 2.15. The summed E-state index contributed by atoms with van der Waals surface area (Å²) in [4.78, 5) is 27.2. The molecule has 28 heavy (non-hydrogen) atoms. The van der Waals surface area contributed by atoms with Gasteiger partial charge in [0.25, 0.3) is 11.8 Å². The van der Waals surface area contributed by atoms with E-state index in [0.717, 1.165) is 11.0 Å². The van der Waals surface area contributed by atoms with E-state index in [9.17, 15) is 9.59 Å². The van der Waals surface area contributed by atoms with E-state index in [-0.39, 0.29) is 11.8 Å². The van der Waals surface area contributed by atoms with Crippen LogP contribution in [0.25, 0.3) is 0 Å². The van der Waals surface area contributed by atoms with E-state index in [1.54, 1.807) is 42.5 Å². The zero-order valence-electron chi connectivity index (χ0n) is 16.8. The molecule has 2 aromatic rings. The molecule has 5 nitrogen and oxygen atoms in total. The summed E-state index contributed by atoms with van der Waals surface area (Å²) < 4.78 is 0.838. The maximum atomic E-state index is 12.5. The Morgan fingerprint density at radius 2 is 1.54 bits per heavy atom. The van der Waals surface area contributed by atoms with Crippen LogP contribution in [0.2, 0.25) is 0 Å². The van der Waals surface area contributed by atoms with Gasteiger partial charge in [0, 0.05) is 46.5 Å². The minimum atomic E-state index is -0.219. The van der Waals surface area contributed by atoms with Crippen LogP contribution in [0.5, 0.6) is 0 Å². The highest BCUT2D eigenvalue weighted by atomic mass is 79.9. The van der Waals surface area contributed by atoms with Gasteiger partial charge in [-0.2, -0.15) is 0 Å². The first-order valence-corrected chi connectivity index (χ1v) is 10.3. The summed E-state index contributed by atoms with van der Waals surface area (Å²) in [6, 6.07) is 15.0. The molecule has 2 amide bonds. The highest BCUT2D eigenvalue weighted by Gasteiger charge is 2.14. The third-order valence-electron chi connectivity index (χ3n) is 4.45. The van der Waals surface area contributed by atoms with Crippen molar-refractivity contribution in [1.82, 2.24) is 10.2 Å². The molecule has 0 atom stereocenters. The Balaban J connectivity index is 1.96. The van der Waals surface area contributed by atoms with Crippen LogP contribution in [0, 0.1) is 0 Å². The average molecular weight is 446 g/mol. The van der Waals surface area contributed by atoms with Crippen LogP contribution in [0.3, 0.4) is 0 Å². The summed E-state index contributed by atoms with van der Waals surface area (Å²) in [6.45, 7) is 9.97. The lowest BCUT2D eigenvalue weighted by Gasteiger charge is -2.30. The molecule has 0 aliphatic carbocycles. The van der Waals surface area contributed by atoms with Gasteiger partial charge < -0.3 is 10.6 Å². The van der Waals surface area contributed by atoms with E-state index in [1.807, 2.05) is 6.07 Å². The van der Waals surface area contributed by atoms with Crippen LogP contribution in [0.4, 0.5) is 5.69 Å². The topological polar surface area (TPSA) is 61.4 Å². The van der Waals surface area contributed by atoms with Crippen molar-refractivity contribution in [1.29, 1.82) is 0 Å². The fourth-order valence-corrected chi connectivity index (χ4v) is 3.48. The van der Waals surface area contributed by atoms with Gasteiger partial charge in [0.1, 0.15) is 0 Å². The van der Waals surface area contributed by atoms with Gasteiger partial charge in [-0.05, 0) is 64.1 Å². The van der Waals surface area contributed by atoms with Gasteiger partial charge in [0.2, 0.25) is 0 Å². The summed E-state index contributed by atoms with van der Waals surface area (Å²) in [5.74, 6) is -0.366. The average Bonchev–Trinajstić information content (AvgIpc) is 2.64. The Hall–Kier alpha value is -2.18. The number of hydrogen-bond acceptors (Lipinski definition) is 3. The standard InChI is InChI=1S/C22H28BrN3O2/c1-15(2)26(16(3)4)12-11-24-21(27)18-8-6-10-20(14-18)25-22(28)17-7-5-9-19(23)13-17/h5-10,13-16H,11-12H2,1-4H3,(H,24,27)(H,25,28). The molecule has 2 rings (SSSR count). The number of benzene rings is 2. The van der Waals surface area contributed by atoms with E-state index in [4.69, 9.17) is 0 Å². The number of anilines is 1. The zero-order valence-corrected chi connectivity index (χ0v) is 18.4. The number of carbonyl (C=O) groups is 2. The van der Waals surface area contributed by atoms with E-state index in [0.29, 0.717) is 35.4 Å². The van der Waals surface area contributed by atoms with Crippen molar-refractivity contribution in [3.05, 3.63) is 64.1 Å². The largest absolute Gasteiger partial charge is 0.351 e. The molecular formula is C22H28BrN3O2. The number of nitrogens with zero attached hydrogens (tertiary/aromatic N) is 1. The molecule has 0 bridgehead atoms. The number of carbonyl (C=O) groups excluding carboxylic acids is 2. The molecule has 0 unspecified atom stereocenters. The molecular weight excluding hydrogens is 418 g/mol. The summed E-state index contributed by atoms with van der Waals surface area (Å²) in [5.41, 5.74) is 1.66. The fourth-order valence-electron chi connectivity index (χ4n) is 3.08. The van der Waals surface area contributed by atoms with Crippen LogP contribution in [-0.4, -0.2) is 41.9 Å². The van der Waals surface area contributed by atoms with Crippen molar-refractivity contribution in [2.24, 2.45) is 0 Å². The van der Waals surface area contributed by atoms with E-state index in [2.05, 4.69) is 59.2 Å². The predicted molar refractivity (Wildman–Crippen MR) is 118 cm³/mol. The Morgan fingerprint density at radius 1 is 0.929 bits per heavy atom. The molecule has 0 aliphatic heterocycles. The minimum absolute atomic E-state index is 0.147. The Morgan fingerprint density at radius 3 is 2.14 bits per heavy atom. The second-order valence-corrected chi connectivity index (χ2v) is 8.14. The van der Waals surface area contributed by atoms with Crippen molar-refractivity contribution < 1.29 is 9.59 Å². The van der Waals surface area contributed by atoms with Gasteiger partial charge in [-0.3, -0.25) is 14.5 Å². The molecule has 0 saturated carbocycles. The minimum Gasteiger partial charge on any atom is -0.351 e. The molecule has 0 heterocycles. The van der Waals surface area contributed by atoms with Gasteiger partial charge >= 0.3 is 0 Å². The van der Waals surface area contributed by atoms with Crippen LogP contribution < -0.4 is 10.6 Å². The molecule has 0 fully saturated rings. The van der Waals surface area contributed by atoms with Crippen molar-refractivity contribution >= 4 is 33.4 Å². The normalized spacial score (nSPS) is 11.1. The zero-order chi connectivity index (χ0) is 20.7. The molecule has 150 valence electrons. The molecule has 0 aliphatic rings. The summed E-state index contributed by atoms with van der Waals surface area (Å²) in [7, 11) is 0. The van der Waals surface area contributed by atoms with Gasteiger partial charge in [-0.1, -0.05) is 28.1 Å². The summed E-state index contributed by atoms with van der Waals surface area (Å²) in [5, 5.41) is 5.80.